The number of rotatable bonds is 1. The maximum absolute atomic E-state index is 13.0. The summed E-state index contributed by atoms with van der Waals surface area (Å²) in [5, 5.41) is 10.4. The van der Waals surface area contributed by atoms with Gasteiger partial charge in [0.2, 0.25) is 5.92 Å². The standard InChI is InChI=1S/C13H16F2O/c1-10-3-2-4-11(9-10)12(16)5-7-13(14,15)8-6-12/h2-4,9,16H,5-8H2,1H3. The van der Waals surface area contributed by atoms with Crippen molar-refractivity contribution in [3.8, 4) is 0 Å². The summed E-state index contributed by atoms with van der Waals surface area (Å²) in [6.45, 7) is 1.93. The second-order valence-electron chi connectivity index (χ2n) is 4.76. The zero-order chi connectivity index (χ0) is 11.8. The van der Waals surface area contributed by atoms with Crippen molar-refractivity contribution >= 4 is 0 Å². The van der Waals surface area contributed by atoms with Crippen LogP contribution in [0.25, 0.3) is 0 Å². The van der Waals surface area contributed by atoms with Crippen LogP contribution < -0.4 is 0 Å². The molecule has 0 saturated heterocycles. The van der Waals surface area contributed by atoms with Crippen LogP contribution >= 0.6 is 0 Å². The van der Waals surface area contributed by atoms with Crippen molar-refractivity contribution in [1.29, 1.82) is 0 Å². The Morgan fingerprint density at radius 2 is 1.75 bits per heavy atom. The quantitative estimate of drug-likeness (QED) is 0.778. The van der Waals surface area contributed by atoms with E-state index in [-0.39, 0.29) is 25.7 Å². The molecule has 0 spiro atoms. The molecule has 0 bridgehead atoms. The van der Waals surface area contributed by atoms with Crippen molar-refractivity contribution in [2.24, 2.45) is 0 Å². The molecule has 1 aliphatic carbocycles. The lowest BCUT2D eigenvalue weighted by Gasteiger charge is -2.36. The van der Waals surface area contributed by atoms with Crippen LogP contribution in [0.4, 0.5) is 8.78 Å². The van der Waals surface area contributed by atoms with Crippen LogP contribution in [0.3, 0.4) is 0 Å². The van der Waals surface area contributed by atoms with Gasteiger partial charge in [-0.3, -0.25) is 0 Å². The van der Waals surface area contributed by atoms with E-state index in [4.69, 9.17) is 0 Å². The fourth-order valence-electron chi connectivity index (χ4n) is 2.25. The molecule has 0 aliphatic heterocycles. The highest BCUT2D eigenvalue weighted by molar-refractivity contribution is 5.28. The second-order valence-corrected chi connectivity index (χ2v) is 4.76. The zero-order valence-corrected chi connectivity index (χ0v) is 9.34. The molecular weight excluding hydrogens is 210 g/mol. The average Bonchev–Trinajstić information content (AvgIpc) is 2.23. The van der Waals surface area contributed by atoms with E-state index >= 15 is 0 Å². The fraction of sp³-hybridized carbons (Fsp3) is 0.538. The largest absolute Gasteiger partial charge is 0.385 e. The van der Waals surface area contributed by atoms with Gasteiger partial charge in [-0.2, -0.15) is 0 Å². The molecule has 1 aliphatic rings. The Hall–Kier alpha value is -0.960. The molecule has 1 fully saturated rings. The van der Waals surface area contributed by atoms with Crippen LogP contribution in [0.15, 0.2) is 24.3 Å². The van der Waals surface area contributed by atoms with Crippen molar-refractivity contribution in [3.05, 3.63) is 35.4 Å². The van der Waals surface area contributed by atoms with Crippen LogP contribution in [0.1, 0.15) is 36.8 Å². The molecule has 1 N–H and O–H groups in total. The van der Waals surface area contributed by atoms with E-state index in [1.54, 1.807) is 0 Å². The van der Waals surface area contributed by atoms with Gasteiger partial charge in [0, 0.05) is 12.8 Å². The highest BCUT2D eigenvalue weighted by atomic mass is 19.3. The Kier molecular flexibility index (Phi) is 2.74. The van der Waals surface area contributed by atoms with E-state index in [2.05, 4.69) is 0 Å². The highest BCUT2D eigenvalue weighted by Crippen LogP contribution is 2.43. The van der Waals surface area contributed by atoms with Gasteiger partial charge in [-0.1, -0.05) is 29.8 Å². The molecule has 0 amide bonds. The SMILES string of the molecule is Cc1cccc(C2(O)CCC(F)(F)CC2)c1. The van der Waals surface area contributed by atoms with E-state index in [1.807, 2.05) is 31.2 Å². The Bertz CT molecular complexity index is 377. The number of hydrogen-bond acceptors (Lipinski definition) is 1. The van der Waals surface area contributed by atoms with Crippen molar-refractivity contribution in [2.45, 2.75) is 44.1 Å². The number of aliphatic hydroxyl groups is 1. The summed E-state index contributed by atoms with van der Waals surface area (Å²) in [6, 6.07) is 7.49. The second kappa shape index (κ2) is 3.81. The van der Waals surface area contributed by atoms with E-state index in [0.717, 1.165) is 11.1 Å². The number of halogens is 2. The first-order valence-electron chi connectivity index (χ1n) is 5.59. The van der Waals surface area contributed by atoms with Gasteiger partial charge in [-0.15, -0.1) is 0 Å². The van der Waals surface area contributed by atoms with E-state index in [1.165, 1.54) is 0 Å². The lowest BCUT2D eigenvalue weighted by atomic mass is 9.78. The Labute approximate surface area is 94.1 Å². The van der Waals surface area contributed by atoms with Crippen molar-refractivity contribution < 1.29 is 13.9 Å². The molecule has 0 aromatic heterocycles. The molecule has 88 valence electrons. The first-order chi connectivity index (χ1) is 7.41. The summed E-state index contributed by atoms with van der Waals surface area (Å²) in [5.41, 5.74) is 0.750. The molecule has 2 rings (SSSR count). The van der Waals surface area contributed by atoms with Crippen LogP contribution in [-0.2, 0) is 5.60 Å². The van der Waals surface area contributed by atoms with Gasteiger partial charge in [0.05, 0.1) is 5.60 Å². The third kappa shape index (κ3) is 2.24. The number of hydrogen-bond donors (Lipinski definition) is 1. The minimum absolute atomic E-state index is 0.142. The predicted octanol–water partition coefficient (Wildman–Crippen LogP) is 3.39. The summed E-state index contributed by atoms with van der Waals surface area (Å²) in [7, 11) is 0. The molecule has 16 heavy (non-hydrogen) atoms. The zero-order valence-electron chi connectivity index (χ0n) is 9.34. The van der Waals surface area contributed by atoms with Crippen molar-refractivity contribution in [3.63, 3.8) is 0 Å². The lowest BCUT2D eigenvalue weighted by molar-refractivity contribution is -0.107. The highest BCUT2D eigenvalue weighted by Gasteiger charge is 2.43. The molecule has 0 atom stereocenters. The van der Waals surface area contributed by atoms with Crippen LogP contribution in [-0.4, -0.2) is 11.0 Å². The minimum atomic E-state index is -2.60. The van der Waals surface area contributed by atoms with E-state index in [0.29, 0.717) is 0 Å². The van der Waals surface area contributed by atoms with Gasteiger partial charge in [0.1, 0.15) is 0 Å². The van der Waals surface area contributed by atoms with Gasteiger partial charge in [-0.25, -0.2) is 8.78 Å². The first kappa shape index (κ1) is 11.5. The third-order valence-corrected chi connectivity index (χ3v) is 3.36. The Morgan fingerprint density at radius 3 is 2.31 bits per heavy atom. The van der Waals surface area contributed by atoms with Gasteiger partial charge in [0.25, 0.3) is 0 Å². The molecule has 1 nitrogen and oxygen atoms in total. The topological polar surface area (TPSA) is 20.2 Å². The molecule has 1 saturated carbocycles. The average molecular weight is 226 g/mol. The molecule has 3 heteroatoms. The van der Waals surface area contributed by atoms with E-state index < -0.39 is 11.5 Å². The van der Waals surface area contributed by atoms with Crippen molar-refractivity contribution in [2.75, 3.05) is 0 Å². The maximum atomic E-state index is 13.0. The summed E-state index contributed by atoms with van der Waals surface area (Å²) < 4.78 is 26.1. The lowest BCUT2D eigenvalue weighted by Crippen LogP contribution is -2.36. The van der Waals surface area contributed by atoms with Crippen molar-refractivity contribution in [1.82, 2.24) is 0 Å². The fourth-order valence-corrected chi connectivity index (χ4v) is 2.25. The predicted molar refractivity (Wildman–Crippen MR) is 58.5 cm³/mol. The van der Waals surface area contributed by atoms with Gasteiger partial charge in [0.15, 0.2) is 0 Å². The molecule has 0 radical (unpaired) electrons. The number of aryl methyl sites for hydroxylation is 1. The number of benzene rings is 1. The smallest absolute Gasteiger partial charge is 0.248 e. The summed E-state index contributed by atoms with van der Waals surface area (Å²) in [4.78, 5) is 0. The van der Waals surface area contributed by atoms with Crippen LogP contribution in [0, 0.1) is 6.92 Å². The summed E-state index contributed by atoms with van der Waals surface area (Å²) in [6.07, 6.45) is -0.165. The molecule has 0 unspecified atom stereocenters. The monoisotopic (exact) mass is 226 g/mol. The maximum Gasteiger partial charge on any atom is 0.248 e. The Balaban J connectivity index is 2.21. The third-order valence-electron chi connectivity index (χ3n) is 3.36. The minimum Gasteiger partial charge on any atom is -0.385 e. The summed E-state index contributed by atoms with van der Waals surface area (Å²) >= 11 is 0. The first-order valence-corrected chi connectivity index (χ1v) is 5.59. The molecule has 1 aromatic carbocycles. The van der Waals surface area contributed by atoms with Gasteiger partial charge in [-0.05, 0) is 25.3 Å². The van der Waals surface area contributed by atoms with E-state index in [9.17, 15) is 13.9 Å². The van der Waals surface area contributed by atoms with Gasteiger partial charge >= 0.3 is 0 Å². The normalized spacial score (nSPS) is 23.0. The Morgan fingerprint density at radius 1 is 1.12 bits per heavy atom. The van der Waals surface area contributed by atoms with Crippen LogP contribution in [0.2, 0.25) is 0 Å². The van der Waals surface area contributed by atoms with Gasteiger partial charge < -0.3 is 5.11 Å². The molecule has 0 heterocycles. The number of alkyl halides is 2. The molecular formula is C13H16F2O. The van der Waals surface area contributed by atoms with Crippen LogP contribution in [0.5, 0.6) is 0 Å². The summed E-state index contributed by atoms with van der Waals surface area (Å²) in [5.74, 6) is -2.60. The molecule has 1 aromatic rings.